The smallest absolute Gasteiger partial charge is 0.340 e. The van der Waals surface area contributed by atoms with Crippen LogP contribution in [0.2, 0.25) is 0 Å². The normalized spacial score (nSPS) is 22.0. The van der Waals surface area contributed by atoms with Gasteiger partial charge in [-0.1, -0.05) is 0 Å². The van der Waals surface area contributed by atoms with Crippen molar-refractivity contribution in [3.05, 3.63) is 17.3 Å². The summed E-state index contributed by atoms with van der Waals surface area (Å²) in [6.45, 7) is 7.43. The molecule has 0 unspecified atom stereocenters. The fourth-order valence-corrected chi connectivity index (χ4v) is 3.55. The molecule has 1 fully saturated rings. The molecule has 2 aliphatic heterocycles. The van der Waals surface area contributed by atoms with Crippen molar-refractivity contribution >= 4 is 17.4 Å². The van der Waals surface area contributed by atoms with Crippen LogP contribution in [-0.2, 0) is 11.0 Å². The van der Waals surface area contributed by atoms with Crippen LogP contribution in [0.25, 0.3) is 0 Å². The highest BCUT2D eigenvalue weighted by molar-refractivity contribution is 6.05. The monoisotopic (exact) mass is 342 g/mol. The molecule has 2 aliphatic rings. The number of likely N-dealkylation sites (N-methyl/N-ethyl adjacent to an activating group) is 1. The minimum absolute atomic E-state index is 0.0492. The Hall–Kier alpha value is -1.83. The standard InChI is InChI=1S/C16H21F3N4O/c1-9(2)22-5-6-23-12(8-22)15(24)21(4)13-10(3)11(16(17,18)19)7-20-14(13)23/h7,9,12H,5-6,8H2,1-4H3/t12-/m0/s1. The highest BCUT2D eigenvalue weighted by atomic mass is 19.4. The first-order valence-corrected chi connectivity index (χ1v) is 7.98. The van der Waals surface area contributed by atoms with Crippen molar-refractivity contribution < 1.29 is 18.0 Å². The molecule has 0 aromatic carbocycles. The van der Waals surface area contributed by atoms with Crippen molar-refractivity contribution in [3.63, 3.8) is 0 Å². The van der Waals surface area contributed by atoms with Crippen molar-refractivity contribution in [1.82, 2.24) is 9.88 Å². The number of hydrogen-bond donors (Lipinski definition) is 0. The second kappa shape index (κ2) is 5.61. The Kier molecular flexibility index (Phi) is 3.98. The number of halogens is 3. The Morgan fingerprint density at radius 3 is 2.54 bits per heavy atom. The highest BCUT2D eigenvalue weighted by Crippen LogP contribution is 2.42. The van der Waals surface area contributed by atoms with Crippen LogP contribution < -0.4 is 9.80 Å². The van der Waals surface area contributed by atoms with Gasteiger partial charge in [-0.25, -0.2) is 4.98 Å². The van der Waals surface area contributed by atoms with E-state index in [9.17, 15) is 18.0 Å². The molecule has 0 spiro atoms. The van der Waals surface area contributed by atoms with Crippen molar-refractivity contribution in [2.45, 2.75) is 39.0 Å². The van der Waals surface area contributed by atoms with Crippen LogP contribution in [0.15, 0.2) is 6.20 Å². The summed E-state index contributed by atoms with van der Waals surface area (Å²) in [5.41, 5.74) is -0.475. The fourth-order valence-electron chi connectivity index (χ4n) is 3.55. The number of aromatic nitrogens is 1. The van der Waals surface area contributed by atoms with Crippen LogP contribution in [0.4, 0.5) is 24.7 Å². The van der Waals surface area contributed by atoms with E-state index < -0.39 is 17.8 Å². The van der Waals surface area contributed by atoms with E-state index in [1.54, 1.807) is 0 Å². The van der Waals surface area contributed by atoms with E-state index in [2.05, 4.69) is 23.7 Å². The Morgan fingerprint density at radius 2 is 1.96 bits per heavy atom. The molecular weight excluding hydrogens is 321 g/mol. The van der Waals surface area contributed by atoms with E-state index in [1.165, 1.54) is 18.9 Å². The molecule has 0 N–H and O–H groups in total. The van der Waals surface area contributed by atoms with Crippen LogP contribution in [0.3, 0.4) is 0 Å². The molecule has 1 atom stereocenters. The average molecular weight is 342 g/mol. The fraction of sp³-hybridized carbons (Fsp3) is 0.625. The summed E-state index contributed by atoms with van der Waals surface area (Å²) in [5, 5.41) is 0. The maximum Gasteiger partial charge on any atom is 0.418 e. The van der Waals surface area contributed by atoms with Crippen LogP contribution in [-0.4, -0.2) is 54.6 Å². The number of anilines is 2. The summed E-state index contributed by atoms with van der Waals surface area (Å²) in [6.07, 6.45) is -3.60. The first kappa shape index (κ1) is 17.0. The molecule has 3 rings (SSSR count). The number of rotatable bonds is 1. The van der Waals surface area contributed by atoms with E-state index in [0.717, 1.165) is 12.7 Å². The summed E-state index contributed by atoms with van der Waals surface area (Å²) in [5.74, 6) is 0.285. The van der Waals surface area contributed by atoms with Crippen molar-refractivity contribution in [1.29, 1.82) is 0 Å². The largest absolute Gasteiger partial charge is 0.418 e. The number of carbonyl (C=O) groups is 1. The van der Waals surface area contributed by atoms with E-state index in [4.69, 9.17) is 0 Å². The van der Waals surface area contributed by atoms with Crippen LogP contribution in [0.1, 0.15) is 25.0 Å². The zero-order chi connectivity index (χ0) is 17.8. The number of fused-ring (bicyclic) bond motifs is 3. The van der Waals surface area contributed by atoms with E-state index in [0.29, 0.717) is 24.9 Å². The first-order chi connectivity index (χ1) is 11.1. The summed E-state index contributed by atoms with van der Waals surface area (Å²) < 4.78 is 39.5. The molecule has 3 heterocycles. The van der Waals surface area contributed by atoms with E-state index in [-0.39, 0.29) is 17.2 Å². The third-order valence-corrected chi connectivity index (χ3v) is 4.96. The molecule has 1 aromatic heterocycles. The van der Waals surface area contributed by atoms with Gasteiger partial charge in [-0.3, -0.25) is 9.69 Å². The van der Waals surface area contributed by atoms with Gasteiger partial charge in [-0.2, -0.15) is 13.2 Å². The van der Waals surface area contributed by atoms with E-state index in [1.807, 2.05) is 4.90 Å². The quantitative estimate of drug-likeness (QED) is 0.785. The van der Waals surface area contributed by atoms with Gasteiger partial charge in [-0.05, 0) is 26.3 Å². The average Bonchev–Trinajstić information content (AvgIpc) is 2.50. The number of alkyl halides is 3. The van der Waals surface area contributed by atoms with Gasteiger partial charge in [0.25, 0.3) is 5.91 Å². The Labute approximate surface area is 139 Å². The number of hydrogen-bond acceptors (Lipinski definition) is 4. The molecule has 132 valence electrons. The van der Waals surface area contributed by atoms with Gasteiger partial charge in [-0.15, -0.1) is 0 Å². The molecule has 0 saturated carbocycles. The lowest BCUT2D eigenvalue weighted by molar-refractivity contribution is -0.138. The maximum absolute atomic E-state index is 13.2. The van der Waals surface area contributed by atoms with Gasteiger partial charge in [0.15, 0.2) is 5.82 Å². The molecule has 24 heavy (non-hydrogen) atoms. The number of piperazine rings is 1. The second-order valence-electron chi connectivity index (χ2n) is 6.66. The Morgan fingerprint density at radius 1 is 1.29 bits per heavy atom. The molecule has 0 aliphatic carbocycles. The number of amides is 1. The molecule has 1 amide bonds. The Bertz CT molecular complexity index is 674. The van der Waals surface area contributed by atoms with Gasteiger partial charge >= 0.3 is 6.18 Å². The number of carbonyl (C=O) groups excluding carboxylic acids is 1. The van der Waals surface area contributed by atoms with Crippen LogP contribution in [0.5, 0.6) is 0 Å². The number of pyridine rings is 1. The number of nitrogens with zero attached hydrogens (tertiary/aromatic N) is 4. The SMILES string of the molecule is Cc1c(C(F)(F)F)cnc2c1N(C)C(=O)[C@@H]1CN(C(C)C)CCN21. The molecule has 1 saturated heterocycles. The first-order valence-electron chi connectivity index (χ1n) is 7.98. The van der Waals surface area contributed by atoms with Gasteiger partial charge < -0.3 is 9.80 Å². The third kappa shape index (κ3) is 2.53. The minimum atomic E-state index is -4.48. The molecule has 8 heteroatoms. The zero-order valence-electron chi connectivity index (χ0n) is 14.2. The van der Waals surface area contributed by atoms with Crippen molar-refractivity contribution in [3.8, 4) is 0 Å². The summed E-state index contributed by atoms with van der Waals surface area (Å²) in [6, 6.07) is -0.0868. The molecule has 0 bridgehead atoms. The van der Waals surface area contributed by atoms with Crippen LogP contribution >= 0.6 is 0 Å². The van der Waals surface area contributed by atoms with Gasteiger partial charge in [0.2, 0.25) is 0 Å². The lowest BCUT2D eigenvalue weighted by Gasteiger charge is -2.48. The lowest BCUT2D eigenvalue weighted by atomic mass is 10.0. The Balaban J connectivity index is 2.07. The summed E-state index contributed by atoms with van der Waals surface area (Å²) >= 11 is 0. The summed E-state index contributed by atoms with van der Waals surface area (Å²) in [7, 11) is 1.53. The lowest BCUT2D eigenvalue weighted by Crippen LogP contribution is -2.63. The van der Waals surface area contributed by atoms with Crippen molar-refractivity contribution in [2.75, 3.05) is 36.5 Å². The zero-order valence-corrected chi connectivity index (χ0v) is 14.2. The minimum Gasteiger partial charge on any atom is -0.340 e. The van der Waals surface area contributed by atoms with Crippen LogP contribution in [0, 0.1) is 6.92 Å². The molecule has 1 aromatic rings. The van der Waals surface area contributed by atoms with Gasteiger partial charge in [0.05, 0.1) is 11.3 Å². The summed E-state index contributed by atoms with van der Waals surface area (Å²) in [4.78, 5) is 22.2. The predicted molar refractivity (Wildman–Crippen MR) is 85.2 cm³/mol. The second-order valence-corrected chi connectivity index (χ2v) is 6.66. The maximum atomic E-state index is 13.2. The van der Waals surface area contributed by atoms with Gasteiger partial charge in [0, 0.05) is 38.9 Å². The molecule has 5 nitrogen and oxygen atoms in total. The topological polar surface area (TPSA) is 39.7 Å². The molecular formula is C16H21F3N4O. The highest BCUT2D eigenvalue weighted by Gasteiger charge is 2.44. The molecule has 0 radical (unpaired) electrons. The predicted octanol–water partition coefficient (Wildman–Crippen LogP) is 2.28. The third-order valence-electron chi connectivity index (χ3n) is 4.96. The van der Waals surface area contributed by atoms with Crippen molar-refractivity contribution in [2.24, 2.45) is 0 Å². The van der Waals surface area contributed by atoms with Gasteiger partial charge in [0.1, 0.15) is 6.04 Å². The van der Waals surface area contributed by atoms with E-state index >= 15 is 0 Å².